The molecule has 6 N–H and O–H groups in total. The molecule has 11 nitrogen and oxygen atoms in total. The van der Waals surface area contributed by atoms with E-state index in [1.54, 1.807) is 5.43 Å². The number of nitrogens with zero attached hydrogens (tertiary/aromatic N) is 2. The van der Waals surface area contributed by atoms with Crippen molar-refractivity contribution >= 4 is 17.8 Å². The van der Waals surface area contributed by atoms with Crippen molar-refractivity contribution in [1.82, 2.24) is 10.7 Å². The van der Waals surface area contributed by atoms with E-state index in [0.717, 1.165) is 0 Å². The average Bonchev–Trinajstić information content (AvgIpc) is 2.64. The molecule has 0 aliphatic heterocycles. The molecule has 0 spiro atoms. The molecule has 0 unspecified atom stereocenters. The van der Waals surface area contributed by atoms with Gasteiger partial charge < -0.3 is 21.5 Å². The third-order valence-corrected chi connectivity index (χ3v) is 3.65. The second kappa shape index (κ2) is 11.4. The zero-order chi connectivity index (χ0) is 21.1. The van der Waals surface area contributed by atoms with Crippen LogP contribution in [-0.4, -0.2) is 48.6 Å². The fourth-order valence-corrected chi connectivity index (χ4v) is 2.26. The molecule has 1 rings (SSSR count). The van der Waals surface area contributed by atoms with Crippen molar-refractivity contribution in [2.45, 2.75) is 31.3 Å². The maximum absolute atomic E-state index is 12.9. The number of hydrazine groups is 1. The third-order valence-electron chi connectivity index (χ3n) is 3.65. The lowest BCUT2D eigenvalue weighted by atomic mass is 10.0. The summed E-state index contributed by atoms with van der Waals surface area (Å²) >= 11 is 0. The van der Waals surface area contributed by atoms with Crippen molar-refractivity contribution in [2.24, 2.45) is 16.5 Å². The molecule has 0 saturated carbocycles. The summed E-state index contributed by atoms with van der Waals surface area (Å²) in [6.45, 7) is 0.0949. The number of nitro groups is 1. The molecule has 1 aromatic carbocycles. The second-order valence-corrected chi connectivity index (χ2v) is 5.80. The fourth-order valence-electron chi connectivity index (χ4n) is 2.26. The number of hydrogen-bond donors (Lipinski definition) is 4. The highest BCUT2D eigenvalue weighted by Crippen LogP contribution is 2.06. The molecule has 0 bridgehead atoms. The van der Waals surface area contributed by atoms with Gasteiger partial charge in [-0.3, -0.25) is 4.79 Å². The minimum atomic E-state index is -0.961. The van der Waals surface area contributed by atoms with Gasteiger partial charge in [0.15, 0.2) is 5.03 Å². The monoisotopic (exact) mass is 398 g/mol. The highest BCUT2D eigenvalue weighted by molar-refractivity contribution is 5.87. The van der Waals surface area contributed by atoms with Gasteiger partial charge in [-0.2, -0.15) is 0 Å². The van der Waals surface area contributed by atoms with E-state index in [0.29, 0.717) is 12.0 Å². The Morgan fingerprint density at radius 2 is 2.00 bits per heavy atom. The number of esters is 1. The number of rotatable bonds is 10. The first-order valence-electron chi connectivity index (χ1n) is 8.32. The quantitative estimate of drug-likeness (QED) is 0.0992. The minimum absolute atomic E-state index is 0.0949. The lowest BCUT2D eigenvalue weighted by Gasteiger charge is -2.19. The number of nitrogens with one attached hydrogen (secondary N) is 2. The van der Waals surface area contributed by atoms with Crippen LogP contribution < -0.4 is 22.2 Å². The molecule has 0 heterocycles. The lowest BCUT2D eigenvalue weighted by Crippen LogP contribution is -2.49. The van der Waals surface area contributed by atoms with E-state index in [4.69, 9.17) is 11.5 Å². The standard InChI is InChI=1S/C16H23FN6O5/c1-28-15(25)13(3-2-8-20-16(19)22-23(26)27)21-14(24)12(18)9-10-4-6-11(17)7-5-10/h4-7,12-13H,2-3,8-9,18H2,1H3,(H,21,24)(H3,19,20,22)/t12-,13+/m1/s1. The van der Waals surface area contributed by atoms with Crippen molar-refractivity contribution in [2.75, 3.05) is 13.7 Å². The van der Waals surface area contributed by atoms with E-state index < -0.39 is 34.8 Å². The fraction of sp³-hybridized carbons (Fsp3) is 0.438. The first-order valence-corrected chi connectivity index (χ1v) is 8.32. The number of benzene rings is 1. The zero-order valence-electron chi connectivity index (χ0n) is 15.3. The summed E-state index contributed by atoms with van der Waals surface area (Å²) in [5.41, 5.74) is 13.5. The summed E-state index contributed by atoms with van der Waals surface area (Å²) in [7, 11) is 1.18. The van der Waals surface area contributed by atoms with Crippen LogP contribution in [0.25, 0.3) is 0 Å². The summed E-state index contributed by atoms with van der Waals surface area (Å²) < 4.78 is 17.6. The predicted octanol–water partition coefficient (Wildman–Crippen LogP) is -0.770. The van der Waals surface area contributed by atoms with Gasteiger partial charge in [0.25, 0.3) is 5.96 Å². The van der Waals surface area contributed by atoms with Crippen molar-refractivity contribution in [3.05, 3.63) is 45.8 Å². The molecule has 0 saturated heterocycles. The number of nitrogens with two attached hydrogens (primary N) is 2. The number of carbonyl (C=O) groups is 2. The van der Waals surface area contributed by atoms with Crippen molar-refractivity contribution in [3.8, 4) is 0 Å². The largest absolute Gasteiger partial charge is 0.467 e. The Hall–Kier alpha value is -3.28. The second-order valence-electron chi connectivity index (χ2n) is 5.80. The zero-order valence-corrected chi connectivity index (χ0v) is 15.3. The topological polar surface area (TPSA) is 175 Å². The number of hydrogen-bond acceptors (Lipinski definition) is 7. The Bertz CT molecular complexity index is 712. The summed E-state index contributed by atoms with van der Waals surface area (Å²) in [5.74, 6) is -2.00. The molecule has 0 aliphatic carbocycles. The summed E-state index contributed by atoms with van der Waals surface area (Å²) in [6.07, 6.45) is 0.623. The van der Waals surface area contributed by atoms with Gasteiger partial charge in [0.1, 0.15) is 11.9 Å². The van der Waals surface area contributed by atoms with Crippen molar-refractivity contribution < 1.29 is 23.7 Å². The van der Waals surface area contributed by atoms with Crippen LogP contribution >= 0.6 is 0 Å². The van der Waals surface area contributed by atoms with Gasteiger partial charge in [0.2, 0.25) is 5.91 Å². The van der Waals surface area contributed by atoms with E-state index in [1.165, 1.54) is 31.4 Å². The van der Waals surface area contributed by atoms with E-state index in [2.05, 4.69) is 15.0 Å². The van der Waals surface area contributed by atoms with Crippen molar-refractivity contribution in [1.29, 1.82) is 0 Å². The summed E-state index contributed by atoms with van der Waals surface area (Å²) in [4.78, 5) is 38.0. The SMILES string of the molecule is COC(=O)[C@H](CCCN=C(N)N[N+](=O)[O-])NC(=O)[C@H](N)Cc1ccc(F)cc1. The maximum atomic E-state index is 12.9. The van der Waals surface area contributed by atoms with Crippen LogP contribution in [0.15, 0.2) is 29.3 Å². The Kier molecular flexibility index (Phi) is 9.30. The Labute approximate surface area is 160 Å². The first kappa shape index (κ1) is 22.8. The molecule has 0 fully saturated rings. The molecular weight excluding hydrogens is 375 g/mol. The molecule has 0 aliphatic rings. The highest BCUT2D eigenvalue weighted by atomic mass is 19.1. The number of methoxy groups -OCH3 is 1. The van der Waals surface area contributed by atoms with Crippen LogP contribution in [0.2, 0.25) is 0 Å². The van der Waals surface area contributed by atoms with Gasteiger partial charge >= 0.3 is 5.97 Å². The molecule has 12 heteroatoms. The van der Waals surface area contributed by atoms with Crippen LogP contribution in [-0.2, 0) is 20.7 Å². The van der Waals surface area contributed by atoms with Crippen LogP contribution in [0.5, 0.6) is 0 Å². The third kappa shape index (κ3) is 8.40. The van der Waals surface area contributed by atoms with E-state index >= 15 is 0 Å². The molecule has 0 radical (unpaired) electrons. The van der Waals surface area contributed by atoms with Gasteiger partial charge in [-0.05, 0) is 37.0 Å². The molecule has 0 aromatic heterocycles. The van der Waals surface area contributed by atoms with Gasteiger partial charge in [0.05, 0.1) is 13.2 Å². The summed E-state index contributed by atoms with van der Waals surface area (Å²) in [5, 5.41) is 11.9. The number of halogens is 1. The minimum Gasteiger partial charge on any atom is -0.467 e. The maximum Gasteiger partial charge on any atom is 0.328 e. The average molecular weight is 398 g/mol. The smallest absolute Gasteiger partial charge is 0.328 e. The number of guanidine groups is 1. The van der Waals surface area contributed by atoms with Crippen LogP contribution in [0, 0.1) is 15.9 Å². The molecule has 1 aromatic rings. The van der Waals surface area contributed by atoms with Gasteiger partial charge in [-0.15, -0.1) is 0 Å². The first-order chi connectivity index (χ1) is 13.2. The lowest BCUT2D eigenvalue weighted by molar-refractivity contribution is -0.525. The molecule has 28 heavy (non-hydrogen) atoms. The van der Waals surface area contributed by atoms with E-state index in [9.17, 15) is 24.1 Å². The van der Waals surface area contributed by atoms with Crippen LogP contribution in [0.4, 0.5) is 4.39 Å². The highest BCUT2D eigenvalue weighted by Gasteiger charge is 2.24. The molecule has 2 atom stereocenters. The van der Waals surface area contributed by atoms with Gasteiger partial charge in [-0.1, -0.05) is 17.6 Å². The summed E-state index contributed by atoms with van der Waals surface area (Å²) in [6, 6.07) is 3.64. The number of carbonyl (C=O) groups excluding carboxylic acids is 2. The van der Waals surface area contributed by atoms with Gasteiger partial charge in [0, 0.05) is 6.54 Å². The molecule has 154 valence electrons. The predicted molar refractivity (Wildman–Crippen MR) is 97.9 cm³/mol. The van der Waals surface area contributed by atoms with E-state index in [1.807, 2.05) is 0 Å². The van der Waals surface area contributed by atoms with E-state index in [-0.39, 0.29) is 25.3 Å². The van der Waals surface area contributed by atoms with Crippen molar-refractivity contribution in [3.63, 3.8) is 0 Å². The molecular formula is C16H23FN6O5. The number of ether oxygens (including phenoxy) is 1. The van der Waals surface area contributed by atoms with Crippen LogP contribution in [0.3, 0.4) is 0 Å². The Morgan fingerprint density at radius 3 is 2.57 bits per heavy atom. The van der Waals surface area contributed by atoms with Crippen LogP contribution in [0.1, 0.15) is 18.4 Å². The Balaban J connectivity index is 2.57. The Morgan fingerprint density at radius 1 is 1.36 bits per heavy atom. The molecule has 1 amide bonds. The number of aliphatic imine (C=N–C) groups is 1. The van der Waals surface area contributed by atoms with Gasteiger partial charge in [-0.25, -0.2) is 24.3 Å². The number of amides is 1. The normalized spacial score (nSPS) is 13.3.